The molecule has 0 amide bonds. The number of hydrogen-bond donors (Lipinski definition) is 1. The van der Waals surface area contributed by atoms with Gasteiger partial charge in [-0.2, -0.15) is 5.10 Å². The van der Waals surface area contributed by atoms with Gasteiger partial charge in [0.2, 0.25) is 0 Å². The van der Waals surface area contributed by atoms with Crippen LogP contribution in [0.25, 0.3) is 10.1 Å². The van der Waals surface area contributed by atoms with Crippen LogP contribution < -0.4 is 5.32 Å². The standard InChI is InChI=1S/C14H15N3S/c1-15-14(12-7-8-16-17(12)2)11-9-18-13-6-4-3-5-10(11)13/h3-9,14-15H,1-2H3. The molecule has 1 aromatic carbocycles. The molecule has 3 aromatic rings. The van der Waals surface area contributed by atoms with Gasteiger partial charge in [0.15, 0.2) is 0 Å². The maximum Gasteiger partial charge on any atom is 0.0759 e. The van der Waals surface area contributed by atoms with Gasteiger partial charge >= 0.3 is 0 Å². The zero-order chi connectivity index (χ0) is 12.5. The zero-order valence-electron chi connectivity index (χ0n) is 10.4. The van der Waals surface area contributed by atoms with Crippen molar-refractivity contribution in [3.8, 4) is 0 Å². The Morgan fingerprint density at radius 1 is 1.28 bits per heavy atom. The molecule has 3 nitrogen and oxygen atoms in total. The van der Waals surface area contributed by atoms with Crippen molar-refractivity contribution < 1.29 is 0 Å². The Hall–Kier alpha value is -1.65. The molecule has 0 fully saturated rings. The van der Waals surface area contributed by atoms with Crippen molar-refractivity contribution in [3.63, 3.8) is 0 Å². The first kappa shape index (κ1) is 11.4. The molecule has 0 radical (unpaired) electrons. The van der Waals surface area contributed by atoms with E-state index in [4.69, 9.17) is 0 Å². The molecule has 1 N–H and O–H groups in total. The maximum atomic E-state index is 4.26. The van der Waals surface area contributed by atoms with Crippen molar-refractivity contribution in [2.45, 2.75) is 6.04 Å². The van der Waals surface area contributed by atoms with Gasteiger partial charge in [0.1, 0.15) is 0 Å². The minimum atomic E-state index is 0.189. The molecule has 1 unspecified atom stereocenters. The van der Waals surface area contributed by atoms with Crippen LogP contribution in [0, 0.1) is 0 Å². The highest BCUT2D eigenvalue weighted by atomic mass is 32.1. The van der Waals surface area contributed by atoms with Crippen LogP contribution in [0.2, 0.25) is 0 Å². The van der Waals surface area contributed by atoms with Gasteiger partial charge < -0.3 is 5.32 Å². The number of nitrogens with zero attached hydrogens (tertiary/aromatic N) is 2. The second-order valence-electron chi connectivity index (χ2n) is 4.29. The molecule has 1 atom stereocenters. The van der Waals surface area contributed by atoms with E-state index in [0.29, 0.717) is 0 Å². The monoisotopic (exact) mass is 257 g/mol. The third-order valence-electron chi connectivity index (χ3n) is 3.27. The fourth-order valence-electron chi connectivity index (χ4n) is 2.35. The van der Waals surface area contributed by atoms with E-state index in [0.717, 1.165) is 0 Å². The van der Waals surface area contributed by atoms with Gasteiger partial charge in [0, 0.05) is 17.9 Å². The molecule has 92 valence electrons. The average molecular weight is 257 g/mol. The number of thiophene rings is 1. The van der Waals surface area contributed by atoms with Crippen LogP contribution in [0.3, 0.4) is 0 Å². The van der Waals surface area contributed by atoms with Crippen LogP contribution in [-0.2, 0) is 7.05 Å². The number of aromatic nitrogens is 2. The first-order valence-electron chi connectivity index (χ1n) is 5.92. The highest BCUT2D eigenvalue weighted by Gasteiger charge is 2.18. The molecular weight excluding hydrogens is 242 g/mol. The van der Waals surface area contributed by atoms with Crippen molar-refractivity contribution in [3.05, 3.63) is 53.2 Å². The summed E-state index contributed by atoms with van der Waals surface area (Å²) in [6.07, 6.45) is 1.84. The Kier molecular flexibility index (Phi) is 2.89. The lowest BCUT2D eigenvalue weighted by Gasteiger charge is -2.16. The molecular formula is C14H15N3S. The van der Waals surface area contributed by atoms with Gasteiger partial charge in [0.25, 0.3) is 0 Å². The van der Waals surface area contributed by atoms with Gasteiger partial charge in [-0.3, -0.25) is 4.68 Å². The third-order valence-corrected chi connectivity index (χ3v) is 4.25. The Morgan fingerprint density at radius 2 is 2.11 bits per heavy atom. The smallest absolute Gasteiger partial charge is 0.0759 e. The van der Waals surface area contributed by atoms with Crippen LogP contribution in [0.15, 0.2) is 41.9 Å². The van der Waals surface area contributed by atoms with Crippen molar-refractivity contribution in [1.29, 1.82) is 0 Å². The van der Waals surface area contributed by atoms with Gasteiger partial charge in [-0.15, -0.1) is 11.3 Å². The summed E-state index contributed by atoms with van der Waals surface area (Å²) in [5.74, 6) is 0. The fraction of sp³-hybridized carbons (Fsp3) is 0.214. The summed E-state index contributed by atoms with van der Waals surface area (Å²) >= 11 is 1.79. The second kappa shape index (κ2) is 4.55. The minimum absolute atomic E-state index is 0.189. The summed E-state index contributed by atoms with van der Waals surface area (Å²) < 4.78 is 3.25. The lowest BCUT2D eigenvalue weighted by Crippen LogP contribution is -2.20. The Morgan fingerprint density at radius 3 is 2.83 bits per heavy atom. The van der Waals surface area contributed by atoms with Gasteiger partial charge in [0.05, 0.1) is 11.7 Å². The predicted molar refractivity (Wildman–Crippen MR) is 75.9 cm³/mol. The lowest BCUT2D eigenvalue weighted by molar-refractivity contribution is 0.610. The zero-order valence-corrected chi connectivity index (χ0v) is 11.2. The van der Waals surface area contributed by atoms with Crippen molar-refractivity contribution in [2.75, 3.05) is 7.05 Å². The van der Waals surface area contributed by atoms with Crippen molar-refractivity contribution >= 4 is 21.4 Å². The number of nitrogens with one attached hydrogen (secondary N) is 1. The largest absolute Gasteiger partial charge is 0.308 e. The predicted octanol–water partition coefficient (Wildman–Crippen LogP) is 2.94. The van der Waals surface area contributed by atoms with E-state index in [1.165, 1.54) is 21.3 Å². The van der Waals surface area contributed by atoms with E-state index in [9.17, 15) is 0 Å². The summed E-state index contributed by atoms with van der Waals surface area (Å²) in [5.41, 5.74) is 2.50. The third kappa shape index (κ3) is 1.74. The van der Waals surface area contributed by atoms with Crippen LogP contribution in [-0.4, -0.2) is 16.8 Å². The SMILES string of the molecule is CNC(c1csc2ccccc12)c1ccnn1C. The summed E-state index contributed by atoms with van der Waals surface area (Å²) in [7, 11) is 3.97. The molecule has 0 aliphatic heterocycles. The molecule has 0 aliphatic rings. The quantitative estimate of drug-likeness (QED) is 0.782. The molecule has 0 saturated heterocycles. The number of hydrogen-bond acceptors (Lipinski definition) is 3. The van der Waals surface area contributed by atoms with Crippen LogP contribution in [0.1, 0.15) is 17.3 Å². The molecule has 0 spiro atoms. The van der Waals surface area contributed by atoms with Crippen molar-refractivity contribution in [2.24, 2.45) is 7.05 Å². The average Bonchev–Trinajstić information content (AvgIpc) is 2.99. The van der Waals surface area contributed by atoms with E-state index < -0.39 is 0 Å². The normalized spacial score (nSPS) is 13.0. The number of fused-ring (bicyclic) bond motifs is 1. The topological polar surface area (TPSA) is 29.9 Å². The van der Waals surface area contributed by atoms with Crippen LogP contribution >= 0.6 is 11.3 Å². The Labute approximate surface area is 110 Å². The summed E-state index contributed by atoms with van der Waals surface area (Å²) in [5, 5.41) is 11.2. The van der Waals surface area contributed by atoms with E-state index >= 15 is 0 Å². The first-order chi connectivity index (χ1) is 8.81. The Bertz CT molecular complexity index is 668. The number of rotatable bonds is 3. The van der Waals surface area contributed by atoms with Crippen LogP contribution in [0.4, 0.5) is 0 Å². The molecule has 0 saturated carbocycles. The summed E-state index contributed by atoms with van der Waals surface area (Å²) in [6.45, 7) is 0. The molecule has 4 heteroatoms. The molecule has 3 rings (SSSR count). The molecule has 0 bridgehead atoms. The highest BCUT2D eigenvalue weighted by Crippen LogP contribution is 2.32. The van der Waals surface area contributed by atoms with E-state index in [1.54, 1.807) is 11.3 Å². The van der Waals surface area contributed by atoms with Gasteiger partial charge in [-0.25, -0.2) is 0 Å². The van der Waals surface area contributed by atoms with Gasteiger partial charge in [-0.05, 0) is 35.5 Å². The molecule has 2 aromatic heterocycles. The van der Waals surface area contributed by atoms with E-state index in [-0.39, 0.29) is 6.04 Å². The summed E-state index contributed by atoms with van der Waals surface area (Å²) in [4.78, 5) is 0. The van der Waals surface area contributed by atoms with E-state index in [2.05, 4.69) is 46.1 Å². The maximum absolute atomic E-state index is 4.26. The van der Waals surface area contributed by atoms with Crippen molar-refractivity contribution in [1.82, 2.24) is 15.1 Å². The van der Waals surface area contributed by atoms with Gasteiger partial charge in [-0.1, -0.05) is 18.2 Å². The Balaban J connectivity index is 2.15. The molecule has 18 heavy (non-hydrogen) atoms. The second-order valence-corrected chi connectivity index (χ2v) is 5.20. The number of benzene rings is 1. The lowest BCUT2D eigenvalue weighted by atomic mass is 10.0. The van der Waals surface area contributed by atoms with Crippen LogP contribution in [0.5, 0.6) is 0 Å². The minimum Gasteiger partial charge on any atom is -0.308 e. The first-order valence-corrected chi connectivity index (χ1v) is 6.80. The molecule has 2 heterocycles. The fourth-order valence-corrected chi connectivity index (χ4v) is 3.34. The van der Waals surface area contributed by atoms with E-state index in [1.807, 2.05) is 25.0 Å². The number of aryl methyl sites for hydroxylation is 1. The summed E-state index contributed by atoms with van der Waals surface area (Å²) in [6, 6.07) is 10.8. The highest BCUT2D eigenvalue weighted by molar-refractivity contribution is 7.17. The molecule has 0 aliphatic carbocycles.